The third-order valence-corrected chi connectivity index (χ3v) is 2.30. The highest BCUT2D eigenvalue weighted by molar-refractivity contribution is 5.73. The van der Waals surface area contributed by atoms with E-state index in [-0.39, 0.29) is 11.9 Å². The second kappa shape index (κ2) is 6.98. The Kier molecular flexibility index (Phi) is 5.53. The summed E-state index contributed by atoms with van der Waals surface area (Å²) in [6, 6.07) is 10.1. The molecule has 0 aliphatic heterocycles. The molecule has 1 aromatic rings. The molecule has 1 atom stereocenters. The number of nitrogens with two attached hydrogens (primary N) is 1. The van der Waals surface area contributed by atoms with Crippen LogP contribution in [0.25, 0.3) is 0 Å². The molecular weight excluding hydrogens is 204 g/mol. The minimum atomic E-state index is -0.295. The number of rotatable bonds is 7. The first-order valence-corrected chi connectivity index (χ1v) is 5.29. The lowest BCUT2D eigenvalue weighted by molar-refractivity contribution is -0.117. The molecule has 88 valence electrons. The molecule has 4 nitrogen and oxygen atoms in total. The fraction of sp³-hybridized carbons (Fsp3) is 0.417. The fourth-order valence-corrected chi connectivity index (χ4v) is 1.49. The molecule has 0 heterocycles. The second-order valence-electron chi connectivity index (χ2n) is 3.59. The third-order valence-electron chi connectivity index (χ3n) is 2.30. The van der Waals surface area contributed by atoms with Gasteiger partial charge in [0, 0.05) is 20.1 Å². The summed E-state index contributed by atoms with van der Waals surface area (Å²) in [7, 11) is 1.66. The Balaban J connectivity index is 2.51. The van der Waals surface area contributed by atoms with Crippen molar-refractivity contribution in [2.45, 2.75) is 12.5 Å². The monoisotopic (exact) mass is 222 g/mol. The van der Waals surface area contributed by atoms with E-state index in [9.17, 15) is 4.79 Å². The van der Waals surface area contributed by atoms with Gasteiger partial charge in [0.1, 0.15) is 0 Å². The molecular formula is C12H18N2O2. The van der Waals surface area contributed by atoms with Gasteiger partial charge in [-0.3, -0.25) is 4.79 Å². The summed E-state index contributed by atoms with van der Waals surface area (Å²) in [6.45, 7) is 1.14. The molecule has 3 N–H and O–H groups in total. The average Bonchev–Trinajstić information content (AvgIpc) is 2.29. The van der Waals surface area contributed by atoms with Crippen LogP contribution in [-0.4, -0.2) is 26.2 Å². The summed E-state index contributed by atoms with van der Waals surface area (Å²) < 4.78 is 5.14. The maximum atomic E-state index is 10.6. The lowest BCUT2D eigenvalue weighted by atomic mass is 10.1. The number of hydrogen-bond acceptors (Lipinski definition) is 3. The molecule has 1 rings (SSSR count). The number of ether oxygens (including phenoxy) is 1. The van der Waals surface area contributed by atoms with Crippen LogP contribution in [0.3, 0.4) is 0 Å². The minimum Gasteiger partial charge on any atom is -0.383 e. The standard InChI is InChI=1S/C12H18N2O2/c1-16-9-11(14-8-7-12(13)15)10-5-3-2-4-6-10/h2-6,11,14H,7-9H2,1H3,(H2,13,15). The van der Waals surface area contributed by atoms with Crippen molar-refractivity contribution in [2.24, 2.45) is 5.73 Å². The normalized spacial score (nSPS) is 12.3. The Bertz CT molecular complexity index is 314. The SMILES string of the molecule is COCC(NCCC(N)=O)c1ccccc1. The molecule has 4 heteroatoms. The number of amides is 1. The van der Waals surface area contributed by atoms with Gasteiger partial charge in [0.15, 0.2) is 0 Å². The van der Waals surface area contributed by atoms with E-state index >= 15 is 0 Å². The Morgan fingerprint density at radius 2 is 2.12 bits per heavy atom. The van der Waals surface area contributed by atoms with Crippen molar-refractivity contribution in [1.29, 1.82) is 0 Å². The molecule has 0 aliphatic rings. The predicted octanol–water partition coefficient (Wildman–Crippen LogP) is 0.839. The van der Waals surface area contributed by atoms with E-state index in [1.165, 1.54) is 0 Å². The lowest BCUT2D eigenvalue weighted by Gasteiger charge is -2.17. The fourth-order valence-electron chi connectivity index (χ4n) is 1.49. The number of methoxy groups -OCH3 is 1. The number of carbonyl (C=O) groups is 1. The molecule has 16 heavy (non-hydrogen) atoms. The van der Waals surface area contributed by atoms with Crippen LogP contribution in [0, 0.1) is 0 Å². The van der Waals surface area contributed by atoms with Gasteiger partial charge in [-0.05, 0) is 5.56 Å². The third kappa shape index (κ3) is 4.42. The van der Waals surface area contributed by atoms with Crippen molar-refractivity contribution < 1.29 is 9.53 Å². The zero-order valence-electron chi connectivity index (χ0n) is 9.48. The van der Waals surface area contributed by atoms with Crippen LogP contribution >= 0.6 is 0 Å². The van der Waals surface area contributed by atoms with Crippen LogP contribution < -0.4 is 11.1 Å². The topological polar surface area (TPSA) is 64.3 Å². The second-order valence-corrected chi connectivity index (χ2v) is 3.59. The molecule has 0 spiro atoms. The van der Waals surface area contributed by atoms with Gasteiger partial charge in [-0.25, -0.2) is 0 Å². The summed E-state index contributed by atoms with van der Waals surface area (Å²) in [4.78, 5) is 10.6. The molecule has 1 amide bonds. The van der Waals surface area contributed by atoms with Crippen molar-refractivity contribution >= 4 is 5.91 Å². The quantitative estimate of drug-likeness (QED) is 0.718. The highest BCUT2D eigenvalue weighted by Crippen LogP contribution is 2.12. The maximum absolute atomic E-state index is 10.6. The molecule has 0 radical (unpaired) electrons. The summed E-state index contributed by atoms with van der Waals surface area (Å²) in [6.07, 6.45) is 0.340. The number of primary amides is 1. The Morgan fingerprint density at radius 1 is 1.44 bits per heavy atom. The van der Waals surface area contributed by atoms with E-state index in [4.69, 9.17) is 10.5 Å². The van der Waals surface area contributed by atoms with Crippen molar-refractivity contribution in [3.8, 4) is 0 Å². The first-order valence-electron chi connectivity index (χ1n) is 5.29. The van der Waals surface area contributed by atoms with E-state index in [0.29, 0.717) is 19.6 Å². The van der Waals surface area contributed by atoms with Crippen LogP contribution in [0.15, 0.2) is 30.3 Å². The average molecular weight is 222 g/mol. The molecule has 0 fully saturated rings. The summed E-state index contributed by atoms with van der Waals surface area (Å²) in [5, 5.41) is 3.24. The molecule has 0 saturated carbocycles. The number of nitrogens with one attached hydrogen (secondary N) is 1. The van der Waals surface area contributed by atoms with E-state index in [1.54, 1.807) is 7.11 Å². The van der Waals surface area contributed by atoms with Gasteiger partial charge in [0.25, 0.3) is 0 Å². The maximum Gasteiger partial charge on any atom is 0.218 e. The lowest BCUT2D eigenvalue weighted by Crippen LogP contribution is -2.28. The zero-order valence-corrected chi connectivity index (χ0v) is 9.48. The van der Waals surface area contributed by atoms with Gasteiger partial charge in [-0.1, -0.05) is 30.3 Å². The van der Waals surface area contributed by atoms with Crippen molar-refractivity contribution in [3.05, 3.63) is 35.9 Å². The van der Waals surface area contributed by atoms with Crippen LogP contribution in [0.4, 0.5) is 0 Å². The molecule has 1 aromatic carbocycles. The molecule has 0 aliphatic carbocycles. The first-order chi connectivity index (χ1) is 7.74. The summed E-state index contributed by atoms with van der Waals surface area (Å²) >= 11 is 0. The van der Waals surface area contributed by atoms with Crippen LogP contribution in [0.1, 0.15) is 18.0 Å². The van der Waals surface area contributed by atoms with Gasteiger partial charge in [0.05, 0.1) is 12.6 Å². The van der Waals surface area contributed by atoms with E-state index in [1.807, 2.05) is 30.3 Å². The van der Waals surface area contributed by atoms with Crippen molar-refractivity contribution in [2.75, 3.05) is 20.3 Å². The van der Waals surface area contributed by atoms with E-state index in [0.717, 1.165) is 5.56 Å². The van der Waals surface area contributed by atoms with Gasteiger partial charge in [-0.15, -0.1) is 0 Å². The number of benzene rings is 1. The van der Waals surface area contributed by atoms with Gasteiger partial charge >= 0.3 is 0 Å². The Hall–Kier alpha value is -1.39. The van der Waals surface area contributed by atoms with Gasteiger partial charge in [0.2, 0.25) is 5.91 Å². The Labute approximate surface area is 95.8 Å². The van der Waals surface area contributed by atoms with Gasteiger partial charge in [-0.2, -0.15) is 0 Å². The minimum absolute atomic E-state index is 0.102. The van der Waals surface area contributed by atoms with E-state index in [2.05, 4.69) is 5.32 Å². The zero-order chi connectivity index (χ0) is 11.8. The molecule has 1 unspecified atom stereocenters. The Morgan fingerprint density at radius 3 is 2.69 bits per heavy atom. The van der Waals surface area contributed by atoms with E-state index < -0.39 is 0 Å². The van der Waals surface area contributed by atoms with Crippen LogP contribution in [-0.2, 0) is 9.53 Å². The smallest absolute Gasteiger partial charge is 0.218 e. The number of carbonyl (C=O) groups excluding carboxylic acids is 1. The van der Waals surface area contributed by atoms with Gasteiger partial charge < -0.3 is 15.8 Å². The molecule has 0 saturated heterocycles. The summed E-state index contributed by atoms with van der Waals surface area (Å²) in [5.74, 6) is -0.295. The first kappa shape index (κ1) is 12.7. The van der Waals surface area contributed by atoms with Crippen LogP contribution in [0.2, 0.25) is 0 Å². The highest BCUT2D eigenvalue weighted by atomic mass is 16.5. The predicted molar refractivity (Wildman–Crippen MR) is 62.9 cm³/mol. The largest absolute Gasteiger partial charge is 0.383 e. The number of hydrogen-bond donors (Lipinski definition) is 2. The van der Waals surface area contributed by atoms with Crippen molar-refractivity contribution in [1.82, 2.24) is 5.32 Å². The van der Waals surface area contributed by atoms with Crippen molar-refractivity contribution in [3.63, 3.8) is 0 Å². The van der Waals surface area contributed by atoms with Crippen LogP contribution in [0.5, 0.6) is 0 Å². The summed E-state index contributed by atoms with van der Waals surface area (Å²) in [5.41, 5.74) is 6.23. The molecule has 0 bridgehead atoms. The highest BCUT2D eigenvalue weighted by Gasteiger charge is 2.09. The molecule has 0 aromatic heterocycles.